The van der Waals surface area contributed by atoms with Gasteiger partial charge in [-0.3, -0.25) is 23.4 Å². The second-order valence-electron chi connectivity index (χ2n) is 9.09. The summed E-state index contributed by atoms with van der Waals surface area (Å²) in [5.74, 6) is 0.0533. The second-order valence-corrected chi connectivity index (χ2v) is 11.9. The summed E-state index contributed by atoms with van der Waals surface area (Å²) in [6.45, 7) is -4.34. The normalized spacial score (nSPS) is 32.0. The van der Waals surface area contributed by atoms with Crippen LogP contribution in [0.1, 0.15) is 18.0 Å². The van der Waals surface area contributed by atoms with Crippen LogP contribution < -0.4 is 17.0 Å². The molecule has 218 valence electrons. The molecule has 3 aromatic heterocycles. The lowest BCUT2D eigenvalue weighted by atomic mass is 10.1. The predicted octanol–water partition coefficient (Wildman–Crippen LogP) is -1.29. The first-order valence-electron chi connectivity index (χ1n) is 11.7. The average Bonchev–Trinajstić information content (AvgIpc) is 3.55. The zero-order valence-corrected chi connectivity index (χ0v) is 22.2. The summed E-state index contributed by atoms with van der Waals surface area (Å²) in [6, 6.07) is 0. The second kappa shape index (κ2) is 10.9. The molecule has 0 aliphatic carbocycles. The number of nitrogens with zero attached hydrogens (tertiary/aromatic N) is 5. The number of rotatable bonds is 8. The lowest BCUT2D eigenvalue weighted by Crippen LogP contribution is -2.36. The number of nitrogens with one attached hydrogen (secondary N) is 1. The molecule has 2 fully saturated rings. The molecule has 0 spiro atoms. The number of anilines is 1. The third-order valence-corrected chi connectivity index (χ3v) is 8.04. The van der Waals surface area contributed by atoms with E-state index in [1.807, 2.05) is 4.98 Å². The number of aryl methyl sites for hydroxylation is 1. The fourth-order valence-corrected chi connectivity index (χ4v) is 5.88. The number of aromatic amines is 1. The van der Waals surface area contributed by atoms with Crippen molar-refractivity contribution in [1.82, 2.24) is 29.1 Å². The van der Waals surface area contributed by atoms with Crippen LogP contribution in [-0.4, -0.2) is 94.1 Å². The minimum Gasteiger partial charge on any atom is -0.394 e. The van der Waals surface area contributed by atoms with Gasteiger partial charge in [0.1, 0.15) is 36.3 Å². The van der Waals surface area contributed by atoms with Gasteiger partial charge >= 0.3 is 12.4 Å². The van der Waals surface area contributed by atoms with E-state index in [-0.39, 0.29) is 22.5 Å². The van der Waals surface area contributed by atoms with Gasteiger partial charge in [-0.25, -0.2) is 28.5 Å². The van der Waals surface area contributed by atoms with Crippen LogP contribution in [0.4, 0.5) is 14.6 Å². The first-order valence-corrected chi connectivity index (χ1v) is 14.3. The summed E-state index contributed by atoms with van der Waals surface area (Å²) in [7, 11) is 0. The molecule has 1 unspecified atom stereocenters. The maximum absolute atomic E-state index is 15.6. The zero-order chi connectivity index (χ0) is 28.9. The van der Waals surface area contributed by atoms with E-state index in [1.165, 1.54) is 17.8 Å². The molecule has 0 amide bonds. The van der Waals surface area contributed by atoms with Gasteiger partial charge in [0.25, 0.3) is 5.56 Å². The summed E-state index contributed by atoms with van der Waals surface area (Å²) >= 11 is 4.98. The van der Waals surface area contributed by atoms with Gasteiger partial charge < -0.3 is 34.8 Å². The van der Waals surface area contributed by atoms with E-state index < -0.39 is 80.4 Å². The number of hydrogen-bond acceptors (Lipinski definition) is 13. The first kappa shape index (κ1) is 28.8. The number of ether oxygens (including phenoxy) is 2. The number of halogens is 2. The molecule has 5 heterocycles. The summed E-state index contributed by atoms with van der Waals surface area (Å²) in [6.07, 6.45) is -9.85. The van der Waals surface area contributed by atoms with Gasteiger partial charge in [-0.05, 0) is 18.7 Å². The van der Waals surface area contributed by atoms with Gasteiger partial charge in [0.15, 0.2) is 36.3 Å². The Morgan fingerprint density at radius 2 is 1.88 bits per heavy atom. The van der Waals surface area contributed by atoms with Gasteiger partial charge in [-0.2, -0.15) is 0 Å². The van der Waals surface area contributed by atoms with Crippen molar-refractivity contribution in [2.24, 2.45) is 0 Å². The highest BCUT2D eigenvalue weighted by Crippen LogP contribution is 2.50. The molecule has 9 atom stereocenters. The van der Waals surface area contributed by atoms with Crippen LogP contribution in [0.15, 0.2) is 28.4 Å². The van der Waals surface area contributed by atoms with Crippen molar-refractivity contribution in [3.05, 3.63) is 45.3 Å². The largest absolute Gasteiger partial charge is 0.394 e. The molecule has 2 aliphatic rings. The summed E-state index contributed by atoms with van der Waals surface area (Å²) in [4.78, 5) is 48.3. The lowest BCUT2D eigenvalue weighted by Gasteiger charge is -2.25. The van der Waals surface area contributed by atoms with Crippen LogP contribution in [0, 0.1) is 6.92 Å². The Bertz CT molecular complexity index is 1570. The highest BCUT2D eigenvalue weighted by Gasteiger charge is 2.50. The number of aliphatic hydroxyl groups excluding tert-OH is 2. The molecular formula is C20H24F2N7O9PS. The van der Waals surface area contributed by atoms with Crippen molar-refractivity contribution in [2.45, 2.75) is 56.1 Å². The van der Waals surface area contributed by atoms with E-state index in [0.29, 0.717) is 0 Å². The maximum atomic E-state index is 15.6. The molecule has 0 aromatic carbocycles. The minimum absolute atomic E-state index is 0.0533. The fraction of sp³-hybridized carbons (Fsp3) is 0.550. The van der Waals surface area contributed by atoms with Crippen LogP contribution in [-0.2, 0) is 30.3 Å². The van der Waals surface area contributed by atoms with Gasteiger partial charge in [0, 0.05) is 11.8 Å². The SMILES string of the molecule is Cc1cn([C@@H]2O[C@H](COP(O)(=S)O[C@H]3[C@H](F)[C@H](n4cnc5c(N)ncnc54)O[C@@H]3CO)[C@@H](O)[C@@H]2F)c(=O)[nH]c1=O. The quantitative estimate of drug-likeness (QED) is 0.188. The molecule has 0 bridgehead atoms. The highest BCUT2D eigenvalue weighted by atomic mass is 32.5. The molecule has 0 saturated carbocycles. The van der Waals surface area contributed by atoms with Crippen molar-refractivity contribution in [3.63, 3.8) is 0 Å². The number of alkyl halides is 2. The first-order chi connectivity index (χ1) is 18.9. The van der Waals surface area contributed by atoms with Crippen molar-refractivity contribution in [2.75, 3.05) is 18.9 Å². The van der Waals surface area contributed by atoms with Gasteiger partial charge in [0.2, 0.25) is 0 Å². The smallest absolute Gasteiger partial charge is 0.330 e. The van der Waals surface area contributed by atoms with E-state index in [9.17, 15) is 29.1 Å². The van der Waals surface area contributed by atoms with Crippen molar-refractivity contribution < 1.29 is 42.4 Å². The Morgan fingerprint density at radius 3 is 2.60 bits per heavy atom. The Kier molecular flexibility index (Phi) is 7.85. The van der Waals surface area contributed by atoms with E-state index in [1.54, 1.807) is 0 Å². The van der Waals surface area contributed by atoms with E-state index in [4.69, 9.17) is 36.1 Å². The van der Waals surface area contributed by atoms with Gasteiger partial charge in [-0.15, -0.1) is 0 Å². The lowest BCUT2D eigenvalue weighted by molar-refractivity contribution is -0.0539. The summed E-state index contributed by atoms with van der Waals surface area (Å²) in [5, 5.41) is 20.1. The third kappa shape index (κ3) is 5.19. The zero-order valence-electron chi connectivity index (χ0n) is 20.5. The minimum atomic E-state index is -4.30. The Morgan fingerprint density at radius 1 is 1.18 bits per heavy atom. The van der Waals surface area contributed by atoms with Crippen LogP contribution in [0.5, 0.6) is 0 Å². The van der Waals surface area contributed by atoms with Crippen molar-refractivity contribution in [1.29, 1.82) is 0 Å². The Labute approximate surface area is 227 Å². The van der Waals surface area contributed by atoms with Crippen molar-refractivity contribution in [3.8, 4) is 0 Å². The van der Waals surface area contributed by atoms with E-state index in [0.717, 1.165) is 17.1 Å². The average molecular weight is 607 g/mol. The van der Waals surface area contributed by atoms with E-state index in [2.05, 4.69) is 15.0 Å². The molecule has 20 heteroatoms. The summed E-state index contributed by atoms with van der Waals surface area (Å²) in [5.41, 5.74) is 4.57. The summed E-state index contributed by atoms with van der Waals surface area (Å²) < 4.78 is 53.9. The molecule has 5 rings (SSSR count). The van der Waals surface area contributed by atoms with Crippen LogP contribution in [0.3, 0.4) is 0 Å². The Balaban J connectivity index is 1.27. The molecular weight excluding hydrogens is 583 g/mol. The fourth-order valence-electron chi connectivity index (χ4n) is 4.44. The molecule has 6 N–H and O–H groups in total. The number of imidazole rings is 1. The molecule has 40 heavy (non-hydrogen) atoms. The van der Waals surface area contributed by atoms with Crippen molar-refractivity contribution >= 4 is 35.5 Å². The number of aliphatic hydroxyl groups is 2. The number of hydrogen-bond donors (Lipinski definition) is 5. The number of nitrogens with two attached hydrogens (primary N) is 1. The molecule has 2 saturated heterocycles. The van der Waals surface area contributed by atoms with Crippen LogP contribution in [0.25, 0.3) is 11.2 Å². The third-order valence-electron chi connectivity index (χ3n) is 6.48. The van der Waals surface area contributed by atoms with Crippen LogP contribution in [0.2, 0.25) is 0 Å². The highest BCUT2D eigenvalue weighted by molar-refractivity contribution is 8.07. The number of fused-ring (bicyclic) bond motifs is 1. The number of nitrogen functional groups attached to an aromatic ring is 1. The molecule has 16 nitrogen and oxygen atoms in total. The molecule has 3 aromatic rings. The number of aromatic nitrogens is 6. The van der Waals surface area contributed by atoms with Gasteiger partial charge in [0.05, 0.1) is 19.5 Å². The monoisotopic (exact) mass is 607 g/mol. The Hall–Kier alpha value is -2.74. The molecule has 2 aliphatic heterocycles. The number of H-pyrrole nitrogens is 1. The van der Waals surface area contributed by atoms with E-state index >= 15 is 4.39 Å². The van der Waals surface area contributed by atoms with Gasteiger partial charge in [-0.1, -0.05) is 0 Å². The van der Waals surface area contributed by atoms with Crippen LogP contribution >= 0.6 is 6.72 Å². The standard InChI is InChI=1S/C20H24F2N7O9PS/c1-7-2-28(20(33)27-17(7)32)18-10(21)13(31)9(37-18)4-35-39(34,40)38-14-8(3-30)36-19(11(14)22)29-6-26-12-15(23)24-5-25-16(12)29/h2,5-6,8-11,13-14,18-19,30-31H,3-4H2,1H3,(H,34,40)(H2,23,24,25)(H,27,32,33)/t8-,9-,10+,11+,13-,14-,18-,19-,39?/m1/s1. The predicted molar refractivity (Wildman–Crippen MR) is 134 cm³/mol. The topological polar surface area (TPSA) is 222 Å². The maximum Gasteiger partial charge on any atom is 0.330 e. The molecule has 0 radical (unpaired) electrons.